The van der Waals surface area contributed by atoms with Crippen LogP contribution in [0.4, 0.5) is 5.69 Å². The molecule has 0 spiro atoms. The summed E-state index contributed by atoms with van der Waals surface area (Å²) in [4.78, 5) is 10.1. The summed E-state index contributed by atoms with van der Waals surface area (Å²) in [6.07, 6.45) is 0.636. The summed E-state index contributed by atoms with van der Waals surface area (Å²) in [5.74, 6) is 0.706. The standard InChI is InChI=1S/C9H10N2O3/c10-7-3-6-4-8(11(12)13)1-2-9(6)14-5-7/h1-2,4,7H,3,5,10H2/t7-/m1/s1. The molecule has 5 heteroatoms. The van der Waals surface area contributed by atoms with Gasteiger partial charge < -0.3 is 10.5 Å². The molecule has 14 heavy (non-hydrogen) atoms. The smallest absolute Gasteiger partial charge is 0.269 e. The zero-order chi connectivity index (χ0) is 10.1. The van der Waals surface area contributed by atoms with Gasteiger partial charge in [-0.15, -0.1) is 0 Å². The number of hydrogen-bond donors (Lipinski definition) is 1. The topological polar surface area (TPSA) is 78.4 Å². The highest BCUT2D eigenvalue weighted by atomic mass is 16.6. The van der Waals surface area contributed by atoms with E-state index in [1.807, 2.05) is 0 Å². The third-order valence-electron chi connectivity index (χ3n) is 2.19. The molecule has 5 nitrogen and oxygen atoms in total. The average molecular weight is 194 g/mol. The molecular formula is C9H10N2O3. The molecule has 1 aromatic carbocycles. The number of benzene rings is 1. The van der Waals surface area contributed by atoms with Gasteiger partial charge >= 0.3 is 0 Å². The highest BCUT2D eigenvalue weighted by Crippen LogP contribution is 2.27. The molecule has 0 amide bonds. The van der Waals surface area contributed by atoms with Crippen molar-refractivity contribution in [1.82, 2.24) is 0 Å². The fraction of sp³-hybridized carbons (Fsp3) is 0.333. The van der Waals surface area contributed by atoms with E-state index < -0.39 is 4.92 Å². The van der Waals surface area contributed by atoms with Crippen molar-refractivity contribution in [2.45, 2.75) is 12.5 Å². The van der Waals surface area contributed by atoms with Gasteiger partial charge in [-0.3, -0.25) is 10.1 Å². The van der Waals surface area contributed by atoms with Gasteiger partial charge in [-0.25, -0.2) is 0 Å². The first-order chi connectivity index (χ1) is 6.66. The molecular weight excluding hydrogens is 184 g/mol. The Hall–Kier alpha value is -1.62. The first-order valence-corrected chi connectivity index (χ1v) is 4.32. The van der Waals surface area contributed by atoms with E-state index in [1.54, 1.807) is 6.07 Å². The van der Waals surface area contributed by atoms with E-state index in [0.717, 1.165) is 5.56 Å². The van der Waals surface area contributed by atoms with Crippen molar-refractivity contribution >= 4 is 5.69 Å². The molecule has 1 atom stereocenters. The molecule has 1 aliphatic rings. The Balaban J connectivity index is 2.37. The highest BCUT2D eigenvalue weighted by Gasteiger charge is 2.19. The van der Waals surface area contributed by atoms with E-state index >= 15 is 0 Å². The van der Waals surface area contributed by atoms with Crippen molar-refractivity contribution in [2.24, 2.45) is 5.73 Å². The van der Waals surface area contributed by atoms with Gasteiger partial charge in [0.25, 0.3) is 5.69 Å². The minimum atomic E-state index is -0.416. The lowest BCUT2D eigenvalue weighted by Crippen LogP contribution is -2.33. The van der Waals surface area contributed by atoms with Gasteiger partial charge in [0.05, 0.1) is 4.92 Å². The largest absolute Gasteiger partial charge is 0.492 e. The molecule has 0 bridgehead atoms. The molecule has 0 aliphatic carbocycles. The Morgan fingerprint density at radius 2 is 2.36 bits per heavy atom. The van der Waals surface area contributed by atoms with Crippen LogP contribution in [-0.4, -0.2) is 17.6 Å². The number of ether oxygens (including phenoxy) is 1. The van der Waals surface area contributed by atoms with E-state index in [9.17, 15) is 10.1 Å². The summed E-state index contributed by atoms with van der Waals surface area (Å²) in [7, 11) is 0. The lowest BCUT2D eigenvalue weighted by molar-refractivity contribution is -0.385. The van der Waals surface area contributed by atoms with Gasteiger partial charge in [0.15, 0.2) is 0 Å². The van der Waals surface area contributed by atoms with Crippen LogP contribution in [0.25, 0.3) is 0 Å². The van der Waals surface area contributed by atoms with Crippen LogP contribution in [0, 0.1) is 10.1 Å². The van der Waals surface area contributed by atoms with Crippen LogP contribution in [-0.2, 0) is 6.42 Å². The number of hydrogen-bond acceptors (Lipinski definition) is 4. The molecule has 0 fully saturated rings. The van der Waals surface area contributed by atoms with Crippen molar-refractivity contribution in [2.75, 3.05) is 6.61 Å². The van der Waals surface area contributed by atoms with E-state index in [1.165, 1.54) is 12.1 Å². The minimum absolute atomic E-state index is 0.0653. The van der Waals surface area contributed by atoms with E-state index in [0.29, 0.717) is 18.8 Å². The van der Waals surface area contributed by atoms with Crippen LogP contribution in [0.5, 0.6) is 5.75 Å². The van der Waals surface area contributed by atoms with Crippen LogP contribution in [0.1, 0.15) is 5.56 Å². The number of nitro benzene ring substituents is 1. The second-order valence-corrected chi connectivity index (χ2v) is 3.32. The lowest BCUT2D eigenvalue weighted by Gasteiger charge is -2.21. The normalized spacial score (nSPS) is 19.6. The lowest BCUT2D eigenvalue weighted by atomic mass is 10.0. The van der Waals surface area contributed by atoms with Gasteiger partial charge in [-0.1, -0.05) is 0 Å². The molecule has 2 rings (SSSR count). The van der Waals surface area contributed by atoms with Crippen LogP contribution >= 0.6 is 0 Å². The molecule has 0 saturated carbocycles. The van der Waals surface area contributed by atoms with Gasteiger partial charge in [-0.05, 0) is 12.5 Å². The fourth-order valence-electron chi connectivity index (χ4n) is 1.52. The molecule has 74 valence electrons. The monoisotopic (exact) mass is 194 g/mol. The quantitative estimate of drug-likeness (QED) is 0.531. The number of non-ortho nitro benzene ring substituents is 1. The summed E-state index contributed by atoms with van der Waals surface area (Å²) in [5.41, 5.74) is 6.58. The number of nitro groups is 1. The zero-order valence-electron chi connectivity index (χ0n) is 7.47. The Bertz CT molecular complexity index is 378. The van der Waals surface area contributed by atoms with Crippen molar-refractivity contribution in [3.8, 4) is 5.75 Å². The molecule has 0 unspecified atom stereocenters. The fourth-order valence-corrected chi connectivity index (χ4v) is 1.52. The summed E-state index contributed by atoms with van der Waals surface area (Å²) >= 11 is 0. The molecule has 0 saturated heterocycles. The van der Waals surface area contributed by atoms with Crippen molar-refractivity contribution in [1.29, 1.82) is 0 Å². The molecule has 0 aromatic heterocycles. The summed E-state index contributed by atoms with van der Waals surface area (Å²) < 4.78 is 5.32. The van der Waals surface area contributed by atoms with E-state index in [2.05, 4.69) is 0 Å². The minimum Gasteiger partial charge on any atom is -0.492 e. The molecule has 1 aromatic rings. The Kier molecular flexibility index (Phi) is 2.09. The first kappa shape index (κ1) is 8.96. The zero-order valence-corrected chi connectivity index (χ0v) is 7.47. The van der Waals surface area contributed by atoms with Crippen LogP contribution < -0.4 is 10.5 Å². The maximum atomic E-state index is 10.5. The highest BCUT2D eigenvalue weighted by molar-refractivity contribution is 5.45. The van der Waals surface area contributed by atoms with Crippen molar-refractivity contribution in [3.05, 3.63) is 33.9 Å². The van der Waals surface area contributed by atoms with Crippen LogP contribution in [0.2, 0.25) is 0 Å². The van der Waals surface area contributed by atoms with Crippen molar-refractivity contribution < 1.29 is 9.66 Å². The summed E-state index contributed by atoms with van der Waals surface area (Å²) in [5, 5.41) is 10.5. The van der Waals surface area contributed by atoms with E-state index in [-0.39, 0.29) is 11.7 Å². The second-order valence-electron chi connectivity index (χ2n) is 3.32. The Labute approximate surface area is 80.6 Å². The Morgan fingerprint density at radius 1 is 1.57 bits per heavy atom. The SMILES string of the molecule is N[C@H]1COc2ccc([N+](=O)[O-])cc2C1. The van der Waals surface area contributed by atoms with Gasteiger partial charge in [-0.2, -0.15) is 0 Å². The first-order valence-electron chi connectivity index (χ1n) is 4.32. The number of nitrogens with zero attached hydrogens (tertiary/aromatic N) is 1. The summed E-state index contributed by atoms with van der Waals surface area (Å²) in [6.45, 7) is 0.477. The predicted molar refractivity (Wildman–Crippen MR) is 50.3 cm³/mol. The van der Waals surface area contributed by atoms with Gasteiger partial charge in [0.2, 0.25) is 0 Å². The maximum Gasteiger partial charge on any atom is 0.269 e. The number of fused-ring (bicyclic) bond motifs is 1. The van der Waals surface area contributed by atoms with Gasteiger partial charge in [0.1, 0.15) is 12.4 Å². The third kappa shape index (κ3) is 1.54. The molecule has 0 radical (unpaired) electrons. The van der Waals surface area contributed by atoms with Gasteiger partial charge in [0, 0.05) is 23.7 Å². The van der Waals surface area contributed by atoms with Crippen molar-refractivity contribution in [3.63, 3.8) is 0 Å². The third-order valence-corrected chi connectivity index (χ3v) is 2.19. The summed E-state index contributed by atoms with van der Waals surface area (Å²) in [6, 6.07) is 4.52. The Morgan fingerprint density at radius 3 is 3.07 bits per heavy atom. The second kappa shape index (κ2) is 3.26. The molecule has 2 N–H and O–H groups in total. The number of nitrogens with two attached hydrogens (primary N) is 1. The van der Waals surface area contributed by atoms with Crippen LogP contribution in [0.3, 0.4) is 0 Å². The molecule has 1 aliphatic heterocycles. The van der Waals surface area contributed by atoms with Crippen LogP contribution in [0.15, 0.2) is 18.2 Å². The predicted octanol–water partition coefficient (Wildman–Crippen LogP) is 0.857. The molecule has 1 heterocycles. The van der Waals surface area contributed by atoms with E-state index in [4.69, 9.17) is 10.5 Å². The maximum absolute atomic E-state index is 10.5. The number of rotatable bonds is 1. The average Bonchev–Trinajstić information content (AvgIpc) is 2.16.